The van der Waals surface area contributed by atoms with Crippen molar-refractivity contribution in [3.05, 3.63) is 53.1 Å². The fraction of sp³-hybridized carbons (Fsp3) is 0.409. The van der Waals surface area contributed by atoms with Crippen molar-refractivity contribution in [2.75, 3.05) is 11.0 Å². The van der Waals surface area contributed by atoms with Crippen molar-refractivity contribution >= 4 is 21.6 Å². The predicted molar refractivity (Wildman–Crippen MR) is 115 cm³/mol. The first-order valence-electron chi connectivity index (χ1n) is 10.0. The van der Waals surface area contributed by atoms with Crippen LogP contribution in [0.5, 0.6) is 0 Å². The Kier molecular flexibility index (Phi) is 5.12. The number of hydrazine groups is 1. The van der Waals surface area contributed by atoms with Crippen LogP contribution in [0.2, 0.25) is 0 Å². The van der Waals surface area contributed by atoms with E-state index < -0.39 is 10.0 Å². The van der Waals surface area contributed by atoms with E-state index in [1.54, 1.807) is 11.1 Å². The Morgan fingerprint density at radius 1 is 1.14 bits per heavy atom. The van der Waals surface area contributed by atoms with Gasteiger partial charge in [-0.2, -0.15) is 0 Å². The summed E-state index contributed by atoms with van der Waals surface area (Å²) in [5.41, 5.74) is 8.52. The molecule has 2 N–H and O–H groups in total. The number of aryl methyl sites for hydroxylation is 1. The molecule has 0 saturated heterocycles. The summed E-state index contributed by atoms with van der Waals surface area (Å²) in [6.07, 6.45) is 4.87. The maximum absolute atomic E-state index is 12.9. The van der Waals surface area contributed by atoms with Crippen molar-refractivity contribution in [2.45, 2.75) is 45.7 Å². The lowest BCUT2D eigenvalue weighted by Gasteiger charge is -2.34. The molecular weight excluding hydrogens is 386 g/mol. The van der Waals surface area contributed by atoms with Gasteiger partial charge in [0.2, 0.25) is 10.0 Å². The molecule has 1 heterocycles. The Balaban J connectivity index is 1.59. The molecule has 1 atom stereocenters. The van der Waals surface area contributed by atoms with E-state index >= 15 is 0 Å². The predicted octanol–water partition coefficient (Wildman–Crippen LogP) is 3.68. The lowest BCUT2D eigenvalue weighted by Crippen LogP contribution is -2.48. The molecule has 1 aliphatic heterocycles. The fourth-order valence-electron chi connectivity index (χ4n) is 4.21. The zero-order chi connectivity index (χ0) is 20.8. The molecule has 2 aliphatic rings. The number of carbonyl (C=O) groups excluding carboxylic acids is 1. The van der Waals surface area contributed by atoms with Crippen molar-refractivity contribution in [1.82, 2.24) is 10.4 Å². The zero-order valence-electron chi connectivity index (χ0n) is 17.0. The molecule has 1 fully saturated rings. The molecule has 1 amide bonds. The van der Waals surface area contributed by atoms with Crippen LogP contribution in [-0.2, 0) is 16.6 Å². The van der Waals surface area contributed by atoms with Crippen LogP contribution >= 0.6 is 0 Å². The minimum Gasteiger partial charge on any atom is -0.284 e. The van der Waals surface area contributed by atoms with Gasteiger partial charge >= 0.3 is 0 Å². The van der Waals surface area contributed by atoms with Crippen LogP contribution in [0.4, 0.5) is 5.69 Å². The number of fused-ring (bicyclic) bond motifs is 1. The Morgan fingerprint density at radius 3 is 2.55 bits per heavy atom. The molecule has 1 unspecified atom stereocenters. The number of amides is 1. The largest absolute Gasteiger partial charge is 0.284 e. The smallest absolute Gasteiger partial charge is 0.268 e. The van der Waals surface area contributed by atoms with Crippen LogP contribution in [-0.4, -0.2) is 31.6 Å². The van der Waals surface area contributed by atoms with E-state index in [4.69, 9.17) is 0 Å². The van der Waals surface area contributed by atoms with Gasteiger partial charge in [-0.25, -0.2) is 13.8 Å². The number of nitrogens with one attached hydrogen (secondary N) is 2. The zero-order valence-corrected chi connectivity index (χ0v) is 17.8. The monoisotopic (exact) mass is 413 g/mol. The third kappa shape index (κ3) is 4.16. The molecule has 0 bridgehead atoms. The summed E-state index contributed by atoms with van der Waals surface area (Å²) < 4.78 is 25.6. The van der Waals surface area contributed by atoms with Gasteiger partial charge in [-0.15, -0.1) is 0 Å². The minimum absolute atomic E-state index is 0.0303. The topological polar surface area (TPSA) is 78.5 Å². The highest BCUT2D eigenvalue weighted by atomic mass is 32.2. The molecule has 29 heavy (non-hydrogen) atoms. The third-order valence-electron chi connectivity index (χ3n) is 5.92. The lowest BCUT2D eigenvalue weighted by atomic mass is 9.81. The van der Waals surface area contributed by atoms with E-state index in [0.717, 1.165) is 34.1 Å². The lowest BCUT2D eigenvalue weighted by molar-refractivity contribution is 0.0581. The van der Waals surface area contributed by atoms with Gasteiger partial charge in [0.15, 0.2) is 0 Å². The first-order valence-corrected chi connectivity index (χ1v) is 11.9. The van der Waals surface area contributed by atoms with Crippen LogP contribution in [0, 0.1) is 12.8 Å². The van der Waals surface area contributed by atoms with Crippen LogP contribution < -0.4 is 10.1 Å². The second-order valence-electron chi connectivity index (χ2n) is 8.28. The number of sulfonamides is 1. The molecule has 154 valence electrons. The average Bonchev–Trinajstić information content (AvgIpc) is 2.88. The Labute approximate surface area is 172 Å². The average molecular weight is 414 g/mol. The summed E-state index contributed by atoms with van der Waals surface area (Å²) in [5, 5.41) is 1.74. The van der Waals surface area contributed by atoms with E-state index in [9.17, 15) is 13.2 Å². The fourth-order valence-corrected chi connectivity index (χ4v) is 4.76. The maximum Gasteiger partial charge on any atom is 0.268 e. The summed E-state index contributed by atoms with van der Waals surface area (Å²) in [4.78, 5) is 12.9. The number of benzene rings is 2. The van der Waals surface area contributed by atoms with E-state index in [0.29, 0.717) is 24.2 Å². The summed E-state index contributed by atoms with van der Waals surface area (Å²) in [7, 11) is -3.33. The highest BCUT2D eigenvalue weighted by molar-refractivity contribution is 7.92. The van der Waals surface area contributed by atoms with Crippen LogP contribution in [0.1, 0.15) is 47.7 Å². The number of hydrogen-bond acceptors (Lipinski definition) is 4. The van der Waals surface area contributed by atoms with E-state index in [2.05, 4.69) is 17.1 Å². The van der Waals surface area contributed by atoms with E-state index in [1.807, 2.05) is 37.3 Å². The number of nitrogens with zero attached hydrogens (tertiary/aromatic N) is 1. The van der Waals surface area contributed by atoms with Crippen molar-refractivity contribution in [1.29, 1.82) is 0 Å². The number of rotatable bonds is 6. The van der Waals surface area contributed by atoms with Gasteiger partial charge in [0.05, 0.1) is 12.8 Å². The summed E-state index contributed by atoms with van der Waals surface area (Å²) >= 11 is 0. The van der Waals surface area contributed by atoms with Crippen molar-refractivity contribution in [3.63, 3.8) is 0 Å². The molecule has 6 nitrogen and oxygen atoms in total. The standard InChI is InChI=1S/C22H27N3O3S/c1-14-10-18(17-8-5-9-20(12-17)24-29(3,27)28)11-19-13-25(22(26)21(14)19)23-15(2)16-6-4-7-16/h5,8-12,15-16,23-24H,4,6-7,13H2,1-3H3. The molecule has 1 aliphatic carbocycles. The molecule has 0 aromatic heterocycles. The minimum atomic E-state index is -3.33. The second-order valence-corrected chi connectivity index (χ2v) is 10.0. The second kappa shape index (κ2) is 7.46. The van der Waals surface area contributed by atoms with Crippen molar-refractivity contribution in [2.24, 2.45) is 5.92 Å². The summed E-state index contributed by atoms with van der Waals surface area (Å²) in [6.45, 7) is 4.65. The van der Waals surface area contributed by atoms with Gasteiger partial charge in [-0.1, -0.05) is 24.6 Å². The molecule has 0 radical (unpaired) electrons. The number of anilines is 1. The molecule has 0 spiro atoms. The molecule has 1 saturated carbocycles. The Bertz CT molecular complexity index is 1060. The Hall–Kier alpha value is -2.38. The van der Waals surface area contributed by atoms with Crippen LogP contribution in [0.25, 0.3) is 11.1 Å². The normalized spacial score (nSPS) is 17.8. The molecule has 4 rings (SSSR count). The quantitative estimate of drug-likeness (QED) is 0.757. The van der Waals surface area contributed by atoms with Crippen molar-refractivity contribution in [3.8, 4) is 11.1 Å². The summed E-state index contributed by atoms with van der Waals surface area (Å²) in [6, 6.07) is 11.6. The molecular formula is C22H27N3O3S. The highest BCUT2D eigenvalue weighted by Crippen LogP contribution is 2.33. The van der Waals surface area contributed by atoms with Crippen LogP contribution in [0.3, 0.4) is 0 Å². The third-order valence-corrected chi connectivity index (χ3v) is 6.53. The van der Waals surface area contributed by atoms with E-state index in [-0.39, 0.29) is 5.91 Å². The molecule has 2 aromatic rings. The van der Waals surface area contributed by atoms with Gasteiger partial charge in [-0.05, 0) is 73.1 Å². The van der Waals surface area contributed by atoms with Crippen molar-refractivity contribution < 1.29 is 13.2 Å². The van der Waals surface area contributed by atoms with E-state index in [1.165, 1.54) is 19.3 Å². The SMILES string of the molecule is Cc1cc(-c2cccc(NS(C)(=O)=O)c2)cc2c1C(=O)N(NC(C)C1CCC1)C2. The maximum atomic E-state index is 12.9. The molecule has 7 heteroatoms. The van der Waals surface area contributed by atoms with Gasteiger partial charge in [0, 0.05) is 17.3 Å². The highest BCUT2D eigenvalue weighted by Gasteiger charge is 2.33. The summed E-state index contributed by atoms with van der Waals surface area (Å²) in [5.74, 6) is 0.677. The first-order chi connectivity index (χ1) is 13.7. The number of carbonyl (C=O) groups is 1. The Morgan fingerprint density at radius 2 is 1.90 bits per heavy atom. The first kappa shape index (κ1) is 19.9. The molecule has 2 aromatic carbocycles. The van der Waals surface area contributed by atoms with Gasteiger partial charge < -0.3 is 0 Å². The van der Waals surface area contributed by atoms with Crippen LogP contribution in [0.15, 0.2) is 36.4 Å². The van der Waals surface area contributed by atoms with Gasteiger partial charge in [0.1, 0.15) is 0 Å². The van der Waals surface area contributed by atoms with Gasteiger partial charge in [0.25, 0.3) is 5.91 Å². The number of hydrogen-bond donors (Lipinski definition) is 2. The van der Waals surface area contributed by atoms with Gasteiger partial charge in [-0.3, -0.25) is 14.5 Å².